The van der Waals surface area contributed by atoms with Crippen LogP contribution in [0.5, 0.6) is 0 Å². The highest BCUT2D eigenvalue weighted by Crippen LogP contribution is 2.12. The lowest BCUT2D eigenvalue weighted by molar-refractivity contribution is 1.11. The number of hydrogen-bond acceptors (Lipinski definition) is 2. The first kappa shape index (κ1) is 6.22. The van der Waals surface area contributed by atoms with Crippen molar-refractivity contribution >= 4 is 11.0 Å². The van der Waals surface area contributed by atoms with Crippen LogP contribution in [0, 0.1) is 12.1 Å². The van der Waals surface area contributed by atoms with Crippen LogP contribution in [0.15, 0.2) is 24.5 Å². The first-order valence-corrected chi connectivity index (χ1v) is 3.38. The van der Waals surface area contributed by atoms with Crippen molar-refractivity contribution in [3.8, 4) is 0 Å². The quantitative estimate of drug-likeness (QED) is 0.569. The molecule has 1 aromatic heterocycles. The van der Waals surface area contributed by atoms with Gasteiger partial charge in [0.1, 0.15) is 0 Å². The van der Waals surface area contributed by atoms with Gasteiger partial charge in [-0.2, -0.15) is 0 Å². The van der Waals surface area contributed by atoms with Crippen LogP contribution in [0.4, 0.5) is 0 Å². The molecule has 0 N–H and O–H groups in total. The van der Waals surface area contributed by atoms with Gasteiger partial charge in [-0.05, 0) is 24.6 Å². The average molecular weight is 147 g/mol. The van der Waals surface area contributed by atoms with Crippen LogP contribution < -0.4 is 0 Å². The molecule has 1 aromatic carbocycles. The molecule has 0 spiro atoms. The lowest BCUT2D eigenvalue weighted by Crippen LogP contribution is -1.80. The standard InChI is InChI=1S/C8H7N2O/c1-6-2-3-8-7(4-6)9-5-10(8)11/h2-5H,1H3/q-1. The smallest absolute Gasteiger partial charge is 0.0911 e. The molecule has 0 saturated carbocycles. The lowest BCUT2D eigenvalue weighted by atomic mass is 10.2. The highest BCUT2D eigenvalue weighted by Gasteiger charge is 1.94. The Morgan fingerprint density at radius 2 is 2.27 bits per heavy atom. The number of nitrogens with zero attached hydrogens (tertiary/aromatic N) is 2. The summed E-state index contributed by atoms with van der Waals surface area (Å²) in [5, 5.41) is 10.9. The molecule has 0 aliphatic heterocycles. The van der Waals surface area contributed by atoms with E-state index >= 15 is 0 Å². The third kappa shape index (κ3) is 0.852. The first-order valence-electron chi connectivity index (χ1n) is 3.38. The molecule has 1 heterocycles. The number of fused-ring (bicyclic) bond motifs is 1. The van der Waals surface area contributed by atoms with Crippen LogP contribution in [0.3, 0.4) is 0 Å². The fourth-order valence-corrected chi connectivity index (χ4v) is 1.10. The summed E-state index contributed by atoms with van der Waals surface area (Å²) in [4.78, 5) is 3.93. The molecule has 0 aliphatic carbocycles. The van der Waals surface area contributed by atoms with Gasteiger partial charge in [-0.3, -0.25) is 0 Å². The maximum Gasteiger partial charge on any atom is 0.0911 e. The van der Waals surface area contributed by atoms with E-state index in [9.17, 15) is 5.21 Å². The third-order valence-electron chi connectivity index (χ3n) is 1.67. The van der Waals surface area contributed by atoms with E-state index in [4.69, 9.17) is 0 Å². The van der Waals surface area contributed by atoms with E-state index in [1.165, 1.54) is 6.33 Å². The Bertz CT molecular complexity index is 392. The Hall–Kier alpha value is -1.51. The predicted molar refractivity (Wildman–Crippen MR) is 43.2 cm³/mol. The summed E-state index contributed by atoms with van der Waals surface area (Å²) in [6.07, 6.45) is 1.28. The van der Waals surface area contributed by atoms with Gasteiger partial charge < -0.3 is 9.94 Å². The van der Waals surface area contributed by atoms with Crippen LogP contribution in [-0.4, -0.2) is 9.71 Å². The zero-order chi connectivity index (χ0) is 7.84. The average Bonchev–Trinajstić information content (AvgIpc) is 2.32. The number of aryl methyl sites for hydroxylation is 1. The Morgan fingerprint density at radius 3 is 3.09 bits per heavy atom. The summed E-state index contributed by atoms with van der Waals surface area (Å²) in [6.45, 7) is 1.98. The van der Waals surface area contributed by atoms with E-state index in [2.05, 4.69) is 4.98 Å². The minimum Gasteiger partial charge on any atom is -0.805 e. The van der Waals surface area contributed by atoms with E-state index in [1.807, 2.05) is 19.1 Å². The fraction of sp³-hybridized carbons (Fsp3) is 0.125. The number of hydrogen-bond donors (Lipinski definition) is 0. The number of rotatable bonds is 0. The van der Waals surface area contributed by atoms with Gasteiger partial charge in [-0.25, -0.2) is 4.98 Å². The summed E-state index contributed by atoms with van der Waals surface area (Å²) >= 11 is 0. The van der Waals surface area contributed by atoms with Gasteiger partial charge in [-0.15, -0.1) is 0 Å². The van der Waals surface area contributed by atoms with Gasteiger partial charge in [0, 0.05) is 0 Å². The molecule has 56 valence electrons. The molecule has 0 radical (unpaired) electrons. The van der Waals surface area contributed by atoms with Gasteiger partial charge >= 0.3 is 0 Å². The molecular weight excluding hydrogens is 140 g/mol. The van der Waals surface area contributed by atoms with Gasteiger partial charge in [0.25, 0.3) is 0 Å². The molecule has 11 heavy (non-hydrogen) atoms. The lowest BCUT2D eigenvalue weighted by Gasteiger charge is -2.04. The van der Waals surface area contributed by atoms with E-state index in [0.717, 1.165) is 15.8 Å². The normalized spacial score (nSPS) is 10.6. The molecule has 0 fully saturated rings. The molecule has 2 rings (SSSR count). The van der Waals surface area contributed by atoms with Crippen molar-refractivity contribution in [3.05, 3.63) is 35.3 Å². The molecule has 0 amide bonds. The Balaban J connectivity index is 2.86. The topological polar surface area (TPSA) is 40.9 Å². The van der Waals surface area contributed by atoms with Crippen molar-refractivity contribution in [2.45, 2.75) is 6.92 Å². The molecule has 0 bridgehead atoms. The van der Waals surface area contributed by atoms with Gasteiger partial charge in [0.2, 0.25) is 0 Å². The Labute approximate surface area is 63.9 Å². The zero-order valence-corrected chi connectivity index (χ0v) is 6.11. The second-order valence-corrected chi connectivity index (χ2v) is 2.56. The zero-order valence-electron chi connectivity index (χ0n) is 6.11. The van der Waals surface area contributed by atoms with Crippen LogP contribution in [0.1, 0.15) is 5.56 Å². The second kappa shape index (κ2) is 1.99. The highest BCUT2D eigenvalue weighted by atomic mass is 16.5. The second-order valence-electron chi connectivity index (χ2n) is 2.56. The minimum atomic E-state index is 0.635. The molecular formula is C8H7N2O-. The summed E-state index contributed by atoms with van der Waals surface area (Å²) in [5.74, 6) is 0. The van der Waals surface area contributed by atoms with Crippen molar-refractivity contribution < 1.29 is 0 Å². The fourth-order valence-electron chi connectivity index (χ4n) is 1.10. The molecule has 0 saturated heterocycles. The van der Waals surface area contributed by atoms with Crippen LogP contribution in [0.2, 0.25) is 0 Å². The molecule has 3 heteroatoms. The SMILES string of the molecule is Cc1ccc2c(c1)ncn2[O-]. The summed E-state index contributed by atoms with van der Waals surface area (Å²) < 4.78 is 0.773. The summed E-state index contributed by atoms with van der Waals surface area (Å²) in [7, 11) is 0. The number of aromatic nitrogens is 2. The predicted octanol–water partition coefficient (Wildman–Crippen LogP) is 1.69. The largest absolute Gasteiger partial charge is 0.805 e. The van der Waals surface area contributed by atoms with Gasteiger partial charge in [0.05, 0.1) is 17.4 Å². The Morgan fingerprint density at radius 1 is 1.45 bits per heavy atom. The van der Waals surface area contributed by atoms with Crippen molar-refractivity contribution in [3.63, 3.8) is 0 Å². The van der Waals surface area contributed by atoms with Crippen LogP contribution >= 0.6 is 0 Å². The van der Waals surface area contributed by atoms with Crippen molar-refractivity contribution in [1.82, 2.24) is 9.71 Å². The molecule has 2 aromatic rings. The van der Waals surface area contributed by atoms with Crippen LogP contribution in [-0.2, 0) is 0 Å². The van der Waals surface area contributed by atoms with Gasteiger partial charge in [-0.1, -0.05) is 6.07 Å². The third-order valence-corrected chi connectivity index (χ3v) is 1.67. The maximum absolute atomic E-state index is 10.9. The van der Waals surface area contributed by atoms with Crippen molar-refractivity contribution in [2.75, 3.05) is 0 Å². The highest BCUT2D eigenvalue weighted by molar-refractivity contribution is 5.76. The van der Waals surface area contributed by atoms with E-state index in [-0.39, 0.29) is 0 Å². The van der Waals surface area contributed by atoms with Crippen molar-refractivity contribution in [2.24, 2.45) is 0 Å². The molecule has 3 nitrogen and oxygen atoms in total. The minimum absolute atomic E-state index is 0.635. The molecule has 0 aliphatic rings. The summed E-state index contributed by atoms with van der Waals surface area (Å²) in [6, 6.07) is 5.58. The first-order chi connectivity index (χ1) is 5.27. The van der Waals surface area contributed by atoms with Crippen molar-refractivity contribution in [1.29, 1.82) is 0 Å². The molecule has 0 atom stereocenters. The van der Waals surface area contributed by atoms with E-state index in [0.29, 0.717) is 5.52 Å². The summed E-state index contributed by atoms with van der Waals surface area (Å²) in [5.41, 5.74) is 2.52. The number of imidazole rings is 1. The van der Waals surface area contributed by atoms with Crippen LogP contribution in [0.25, 0.3) is 11.0 Å². The van der Waals surface area contributed by atoms with E-state index in [1.54, 1.807) is 6.07 Å². The molecule has 0 unspecified atom stereocenters. The maximum atomic E-state index is 10.9. The van der Waals surface area contributed by atoms with E-state index < -0.39 is 0 Å². The van der Waals surface area contributed by atoms with Gasteiger partial charge in [0.15, 0.2) is 0 Å². The number of benzene rings is 1. The monoisotopic (exact) mass is 147 g/mol. The Kier molecular flexibility index (Phi) is 1.12.